The third kappa shape index (κ3) is 4.34. The average molecular weight is 295 g/mol. The van der Waals surface area contributed by atoms with Crippen LogP contribution in [0.3, 0.4) is 0 Å². The van der Waals surface area contributed by atoms with Gasteiger partial charge >= 0.3 is 6.61 Å². The summed E-state index contributed by atoms with van der Waals surface area (Å²) in [6, 6.07) is 2.90. The molecule has 0 fully saturated rings. The number of amides is 1. The number of carbonyl (C=O) groups is 1. The van der Waals surface area contributed by atoms with Crippen molar-refractivity contribution in [3.05, 3.63) is 42.1 Å². The number of carbonyl (C=O) groups excluding carboxylic acids is 1. The molecule has 3 N–H and O–H groups in total. The lowest BCUT2D eigenvalue weighted by Gasteiger charge is -2.07. The predicted octanol–water partition coefficient (Wildman–Crippen LogP) is 1.18. The topological polar surface area (TPSA) is 103 Å². The van der Waals surface area contributed by atoms with Crippen LogP contribution in [0.4, 0.5) is 14.6 Å². The minimum absolute atomic E-state index is 0.0238. The van der Waals surface area contributed by atoms with Crippen LogP contribution in [0.25, 0.3) is 0 Å². The zero-order valence-corrected chi connectivity index (χ0v) is 10.7. The van der Waals surface area contributed by atoms with Gasteiger partial charge in [-0.3, -0.25) is 14.8 Å². The van der Waals surface area contributed by atoms with Gasteiger partial charge in [-0.2, -0.15) is 8.78 Å². The highest BCUT2D eigenvalue weighted by molar-refractivity contribution is 5.90. The van der Waals surface area contributed by atoms with E-state index in [9.17, 15) is 13.6 Å². The molecule has 0 bridgehead atoms. The number of hydrogen-bond donors (Lipinski definition) is 2. The minimum Gasteiger partial charge on any atom is -0.433 e. The lowest BCUT2D eigenvalue weighted by molar-refractivity contribution is -0.0500. The van der Waals surface area contributed by atoms with Crippen molar-refractivity contribution in [2.75, 3.05) is 5.32 Å². The lowest BCUT2D eigenvalue weighted by Crippen LogP contribution is -2.14. The first-order valence-corrected chi connectivity index (χ1v) is 5.80. The van der Waals surface area contributed by atoms with Gasteiger partial charge in [0.2, 0.25) is 0 Å². The predicted molar refractivity (Wildman–Crippen MR) is 68.7 cm³/mol. The molecule has 0 aliphatic rings. The van der Waals surface area contributed by atoms with Gasteiger partial charge in [0.05, 0.1) is 30.8 Å². The lowest BCUT2D eigenvalue weighted by atomic mass is 10.3. The number of alkyl halides is 2. The van der Waals surface area contributed by atoms with Crippen molar-refractivity contribution in [3.63, 3.8) is 0 Å². The molecule has 0 atom stereocenters. The fraction of sp³-hybridized carbons (Fsp3) is 0.167. The molecule has 0 aliphatic carbocycles. The van der Waals surface area contributed by atoms with Gasteiger partial charge in [0.15, 0.2) is 0 Å². The number of hydrogen-bond acceptors (Lipinski definition) is 6. The van der Waals surface area contributed by atoms with E-state index < -0.39 is 12.5 Å². The molecule has 1 amide bonds. The van der Waals surface area contributed by atoms with Gasteiger partial charge in [-0.15, -0.1) is 0 Å². The summed E-state index contributed by atoms with van der Waals surface area (Å²) in [7, 11) is 0. The van der Waals surface area contributed by atoms with Crippen molar-refractivity contribution in [2.45, 2.75) is 13.2 Å². The highest BCUT2D eigenvalue weighted by Gasteiger charge is 2.06. The number of ether oxygens (including phenoxy) is 1. The molecule has 0 radical (unpaired) electrons. The molecule has 2 aromatic rings. The van der Waals surface area contributed by atoms with E-state index in [0.717, 1.165) is 0 Å². The monoisotopic (exact) mass is 295 g/mol. The first-order valence-electron chi connectivity index (χ1n) is 5.80. The van der Waals surface area contributed by atoms with E-state index in [1.807, 2.05) is 0 Å². The molecule has 0 spiro atoms. The molecule has 9 heteroatoms. The number of nitrogens with zero attached hydrogens (tertiary/aromatic N) is 3. The second kappa shape index (κ2) is 6.55. The van der Waals surface area contributed by atoms with E-state index in [1.165, 1.54) is 30.7 Å². The minimum atomic E-state index is -2.89. The largest absolute Gasteiger partial charge is 0.433 e. The van der Waals surface area contributed by atoms with E-state index in [4.69, 9.17) is 5.73 Å². The standard InChI is InChI=1S/C12H11F2N5O2/c13-12(14)21-8-2-1-7(17-4-8)3-18-10-6-16-5-9(19-10)11(15)20/h1-2,4-6,12H,3H2,(H2,15,20)(H,18,19). The SMILES string of the molecule is NC(=O)c1cncc(NCc2ccc(OC(F)F)cn2)n1. The third-order valence-electron chi connectivity index (χ3n) is 2.36. The van der Waals surface area contributed by atoms with Crippen LogP contribution in [-0.2, 0) is 6.54 Å². The molecular formula is C12H11F2N5O2. The summed E-state index contributed by atoms with van der Waals surface area (Å²) in [5, 5.41) is 2.88. The maximum Gasteiger partial charge on any atom is 0.387 e. The second-order valence-electron chi connectivity index (χ2n) is 3.87. The van der Waals surface area contributed by atoms with Crippen LogP contribution in [0, 0.1) is 0 Å². The number of rotatable bonds is 6. The molecule has 110 valence electrons. The quantitative estimate of drug-likeness (QED) is 0.829. The Labute approximate surface area is 118 Å². The van der Waals surface area contributed by atoms with Crippen molar-refractivity contribution in [1.82, 2.24) is 15.0 Å². The van der Waals surface area contributed by atoms with Gasteiger partial charge in [-0.25, -0.2) is 4.98 Å². The fourth-order valence-corrected chi connectivity index (χ4v) is 1.44. The Morgan fingerprint density at radius 3 is 2.76 bits per heavy atom. The first kappa shape index (κ1) is 14.6. The summed E-state index contributed by atoms with van der Waals surface area (Å²) in [5.41, 5.74) is 5.70. The van der Waals surface area contributed by atoms with Gasteiger partial charge in [0.1, 0.15) is 17.3 Å². The summed E-state index contributed by atoms with van der Waals surface area (Å²) in [4.78, 5) is 22.7. The average Bonchev–Trinajstić information content (AvgIpc) is 2.46. The van der Waals surface area contributed by atoms with E-state index in [-0.39, 0.29) is 18.0 Å². The highest BCUT2D eigenvalue weighted by Crippen LogP contribution is 2.13. The first-order chi connectivity index (χ1) is 10.0. The van der Waals surface area contributed by atoms with Crippen molar-refractivity contribution in [1.29, 1.82) is 0 Å². The van der Waals surface area contributed by atoms with Crippen LogP contribution in [0.5, 0.6) is 5.75 Å². The molecule has 0 saturated heterocycles. The third-order valence-corrected chi connectivity index (χ3v) is 2.36. The van der Waals surface area contributed by atoms with Crippen molar-refractivity contribution >= 4 is 11.7 Å². The highest BCUT2D eigenvalue weighted by atomic mass is 19.3. The van der Waals surface area contributed by atoms with Crippen LogP contribution in [0.15, 0.2) is 30.7 Å². The number of nitrogens with one attached hydrogen (secondary N) is 1. The Bertz CT molecular complexity index is 621. The molecule has 7 nitrogen and oxygen atoms in total. The van der Waals surface area contributed by atoms with Crippen LogP contribution >= 0.6 is 0 Å². The number of aromatic nitrogens is 3. The Morgan fingerprint density at radius 1 is 1.33 bits per heavy atom. The number of halogens is 2. The summed E-state index contributed by atoms with van der Waals surface area (Å²) in [6.45, 7) is -2.62. The summed E-state index contributed by atoms with van der Waals surface area (Å²) in [6.07, 6.45) is 3.86. The Balaban J connectivity index is 1.96. The van der Waals surface area contributed by atoms with E-state index in [2.05, 4.69) is 25.0 Å². The number of primary amides is 1. The molecule has 0 saturated carbocycles. The molecule has 0 unspecified atom stereocenters. The number of pyridine rings is 1. The van der Waals surface area contributed by atoms with Crippen molar-refractivity contribution in [3.8, 4) is 5.75 Å². The maximum absolute atomic E-state index is 12.0. The molecule has 2 rings (SSSR count). The molecule has 0 aromatic carbocycles. The summed E-state index contributed by atoms with van der Waals surface area (Å²) in [5.74, 6) is -0.358. The van der Waals surface area contributed by atoms with E-state index >= 15 is 0 Å². The Kier molecular flexibility index (Phi) is 4.54. The molecule has 21 heavy (non-hydrogen) atoms. The molecule has 2 aromatic heterocycles. The summed E-state index contributed by atoms with van der Waals surface area (Å²) >= 11 is 0. The maximum atomic E-state index is 12.0. The van der Waals surface area contributed by atoms with E-state index in [1.54, 1.807) is 0 Å². The second-order valence-corrected chi connectivity index (χ2v) is 3.87. The molecule has 2 heterocycles. The Hall–Kier alpha value is -2.84. The smallest absolute Gasteiger partial charge is 0.387 e. The normalized spacial score (nSPS) is 10.4. The molecule has 0 aliphatic heterocycles. The van der Waals surface area contributed by atoms with Gasteiger partial charge in [0, 0.05) is 0 Å². The van der Waals surface area contributed by atoms with Gasteiger partial charge in [-0.1, -0.05) is 0 Å². The van der Waals surface area contributed by atoms with Crippen molar-refractivity contribution < 1.29 is 18.3 Å². The zero-order valence-electron chi connectivity index (χ0n) is 10.7. The van der Waals surface area contributed by atoms with Gasteiger partial charge < -0.3 is 15.8 Å². The van der Waals surface area contributed by atoms with Crippen molar-refractivity contribution in [2.24, 2.45) is 5.73 Å². The van der Waals surface area contributed by atoms with Crippen LogP contribution in [-0.4, -0.2) is 27.5 Å². The zero-order chi connectivity index (χ0) is 15.2. The summed E-state index contributed by atoms with van der Waals surface area (Å²) < 4.78 is 28.1. The number of anilines is 1. The van der Waals surface area contributed by atoms with Crippen LogP contribution < -0.4 is 15.8 Å². The fourth-order valence-electron chi connectivity index (χ4n) is 1.44. The molecular weight excluding hydrogens is 284 g/mol. The van der Waals surface area contributed by atoms with Gasteiger partial charge in [0.25, 0.3) is 5.91 Å². The number of nitrogens with two attached hydrogens (primary N) is 1. The Morgan fingerprint density at radius 2 is 2.14 bits per heavy atom. The van der Waals surface area contributed by atoms with E-state index in [0.29, 0.717) is 11.5 Å². The van der Waals surface area contributed by atoms with Crippen LogP contribution in [0.1, 0.15) is 16.2 Å². The van der Waals surface area contributed by atoms with Gasteiger partial charge in [-0.05, 0) is 12.1 Å². The van der Waals surface area contributed by atoms with Crippen LogP contribution in [0.2, 0.25) is 0 Å².